The summed E-state index contributed by atoms with van der Waals surface area (Å²) in [6, 6.07) is 3.23. The Kier molecular flexibility index (Phi) is 4.80. The van der Waals surface area contributed by atoms with Crippen molar-refractivity contribution in [3.8, 4) is 5.75 Å². The number of ether oxygens (including phenoxy) is 1. The lowest BCUT2D eigenvalue weighted by Crippen LogP contribution is -2.41. The third-order valence-corrected chi connectivity index (χ3v) is 7.96. The first-order chi connectivity index (χ1) is 12.3. The van der Waals surface area contributed by atoms with E-state index in [4.69, 9.17) is 4.74 Å². The minimum absolute atomic E-state index is 0.231. The molecule has 3 rings (SSSR count). The van der Waals surface area contributed by atoms with Gasteiger partial charge in [-0.1, -0.05) is 51.5 Å². The Morgan fingerprint density at radius 2 is 1.93 bits per heavy atom. The van der Waals surface area contributed by atoms with E-state index in [1.165, 1.54) is 6.07 Å². The summed E-state index contributed by atoms with van der Waals surface area (Å²) >= 11 is 0. The lowest BCUT2D eigenvalue weighted by molar-refractivity contribution is -0.0499. The van der Waals surface area contributed by atoms with Gasteiger partial charge in [-0.2, -0.15) is 21.6 Å². The van der Waals surface area contributed by atoms with E-state index in [1.807, 2.05) is 38.7 Å². The van der Waals surface area contributed by atoms with E-state index in [-0.39, 0.29) is 11.9 Å². The number of hydrogen-bond acceptors (Lipinski definition) is 4. The van der Waals surface area contributed by atoms with Gasteiger partial charge in [-0.3, -0.25) is 0 Å². The van der Waals surface area contributed by atoms with Crippen molar-refractivity contribution in [2.24, 2.45) is 0 Å². The van der Waals surface area contributed by atoms with E-state index in [0.717, 1.165) is 18.4 Å². The van der Waals surface area contributed by atoms with Crippen LogP contribution in [0.5, 0.6) is 5.75 Å². The summed E-state index contributed by atoms with van der Waals surface area (Å²) in [5.41, 5.74) is -4.59. The van der Waals surface area contributed by atoms with Crippen molar-refractivity contribution in [2.75, 3.05) is 0 Å². The Balaban J connectivity index is 2.14. The molecule has 0 N–H and O–H groups in total. The number of benzene rings is 1. The second-order valence-corrected chi connectivity index (χ2v) is 14.6. The van der Waals surface area contributed by atoms with Crippen LogP contribution in [0.4, 0.5) is 13.2 Å². The van der Waals surface area contributed by atoms with Crippen LogP contribution in [0, 0.1) is 0 Å². The van der Waals surface area contributed by atoms with Crippen LogP contribution in [-0.4, -0.2) is 22.0 Å². The third kappa shape index (κ3) is 3.45. The predicted molar refractivity (Wildman–Crippen MR) is 99.2 cm³/mol. The number of hydrogen-bond donors (Lipinski definition) is 0. The highest BCUT2D eigenvalue weighted by Crippen LogP contribution is 2.53. The fraction of sp³-hybridized carbons (Fsp3) is 0.556. The van der Waals surface area contributed by atoms with Crippen molar-refractivity contribution in [1.29, 1.82) is 0 Å². The first-order valence-corrected chi connectivity index (χ1v) is 13.8. The van der Waals surface area contributed by atoms with Crippen LogP contribution in [0.15, 0.2) is 24.3 Å². The summed E-state index contributed by atoms with van der Waals surface area (Å²) in [6.45, 7) is 7.83. The zero-order valence-electron chi connectivity index (χ0n) is 15.7. The molecular formula is C18H23F3O4SSi. The number of halogens is 3. The molecule has 150 valence electrons. The average molecular weight is 421 g/mol. The minimum Gasteiger partial charge on any atom is -0.376 e. The molecule has 2 atom stereocenters. The van der Waals surface area contributed by atoms with E-state index >= 15 is 0 Å². The van der Waals surface area contributed by atoms with E-state index < -0.39 is 29.3 Å². The van der Waals surface area contributed by atoms with Crippen molar-refractivity contribution >= 4 is 23.4 Å². The van der Waals surface area contributed by atoms with Gasteiger partial charge in [0.25, 0.3) is 0 Å². The summed E-state index contributed by atoms with van der Waals surface area (Å²) in [4.78, 5) is 0. The standard InChI is InChI=1S/C18H23F3O4SSi/c1-5-6-8-17-9-7-14(24-17)12-10-16(27(2,3)4)15(11-13(12)17)25-26(22,23)18(19,20)21/h7,9-11,14H,5-6,8H2,1-4H3. The Morgan fingerprint density at radius 1 is 1.26 bits per heavy atom. The summed E-state index contributed by atoms with van der Waals surface area (Å²) in [7, 11) is -7.93. The molecule has 0 radical (unpaired) electrons. The Labute approximate surface area is 158 Å². The van der Waals surface area contributed by atoms with Gasteiger partial charge in [-0.05, 0) is 34.9 Å². The molecule has 0 saturated carbocycles. The first-order valence-electron chi connectivity index (χ1n) is 8.87. The summed E-state index contributed by atoms with van der Waals surface area (Å²) < 4.78 is 72.6. The molecule has 1 aromatic carbocycles. The SMILES string of the molecule is CCCCC12C=CC(O1)c1cc([Si](C)(C)C)c(OS(=O)(=O)C(F)(F)F)cc12. The highest BCUT2D eigenvalue weighted by atomic mass is 32.2. The van der Waals surface area contributed by atoms with Gasteiger partial charge in [0, 0.05) is 0 Å². The van der Waals surface area contributed by atoms with Crippen LogP contribution in [0.1, 0.15) is 43.4 Å². The van der Waals surface area contributed by atoms with Gasteiger partial charge in [-0.25, -0.2) is 0 Å². The maximum absolute atomic E-state index is 12.9. The van der Waals surface area contributed by atoms with Crippen molar-refractivity contribution in [2.45, 2.75) is 63.0 Å². The monoisotopic (exact) mass is 420 g/mol. The van der Waals surface area contributed by atoms with Crippen LogP contribution in [0.2, 0.25) is 19.6 Å². The Bertz CT molecular complexity index is 887. The normalized spacial score (nSPS) is 24.3. The number of unbranched alkanes of at least 4 members (excludes halogenated alkanes) is 1. The van der Waals surface area contributed by atoms with E-state index in [2.05, 4.69) is 4.18 Å². The molecule has 2 aliphatic rings. The van der Waals surface area contributed by atoms with Crippen LogP contribution in [-0.2, 0) is 20.5 Å². The molecule has 0 saturated heterocycles. The van der Waals surface area contributed by atoms with Gasteiger partial charge in [0.05, 0.1) is 8.07 Å². The van der Waals surface area contributed by atoms with Crippen molar-refractivity contribution in [3.63, 3.8) is 0 Å². The number of rotatable bonds is 6. The Morgan fingerprint density at radius 3 is 2.48 bits per heavy atom. The molecule has 2 aliphatic heterocycles. The van der Waals surface area contributed by atoms with Crippen LogP contribution < -0.4 is 9.37 Å². The fourth-order valence-electron chi connectivity index (χ4n) is 3.60. The number of fused-ring (bicyclic) bond motifs is 5. The quantitative estimate of drug-likeness (QED) is 0.295. The maximum Gasteiger partial charge on any atom is 0.534 e. The van der Waals surface area contributed by atoms with E-state index in [0.29, 0.717) is 17.2 Å². The molecule has 0 spiro atoms. The van der Waals surface area contributed by atoms with Gasteiger partial charge < -0.3 is 8.92 Å². The van der Waals surface area contributed by atoms with Gasteiger partial charge in [0.15, 0.2) is 0 Å². The molecule has 27 heavy (non-hydrogen) atoms. The summed E-state index contributed by atoms with van der Waals surface area (Å²) in [6.07, 6.45) is 6.13. The van der Waals surface area contributed by atoms with Gasteiger partial charge in [0.2, 0.25) is 0 Å². The molecule has 0 aliphatic carbocycles. The lowest BCUT2D eigenvalue weighted by atomic mass is 9.83. The predicted octanol–water partition coefficient (Wildman–Crippen LogP) is 4.49. The van der Waals surface area contributed by atoms with E-state index in [9.17, 15) is 21.6 Å². The molecule has 0 amide bonds. The molecule has 1 aromatic rings. The van der Waals surface area contributed by atoms with Crippen molar-refractivity contribution < 1.29 is 30.5 Å². The average Bonchev–Trinajstić information content (AvgIpc) is 3.07. The van der Waals surface area contributed by atoms with Crippen molar-refractivity contribution in [3.05, 3.63) is 35.4 Å². The lowest BCUT2D eigenvalue weighted by Gasteiger charge is -2.27. The van der Waals surface area contributed by atoms with Crippen LogP contribution in [0.25, 0.3) is 0 Å². The zero-order chi connectivity index (χ0) is 20.3. The molecule has 0 aromatic heterocycles. The molecule has 2 unspecified atom stereocenters. The largest absolute Gasteiger partial charge is 0.534 e. The fourth-order valence-corrected chi connectivity index (χ4v) is 5.60. The molecule has 4 nitrogen and oxygen atoms in total. The molecular weight excluding hydrogens is 397 g/mol. The minimum atomic E-state index is -5.74. The van der Waals surface area contributed by atoms with E-state index in [1.54, 1.807) is 6.07 Å². The van der Waals surface area contributed by atoms with Gasteiger partial charge >= 0.3 is 15.6 Å². The molecule has 9 heteroatoms. The molecule has 2 heterocycles. The molecule has 0 fully saturated rings. The summed E-state index contributed by atoms with van der Waals surface area (Å²) in [5.74, 6) is -0.231. The summed E-state index contributed by atoms with van der Waals surface area (Å²) in [5, 5.41) is 0.532. The van der Waals surface area contributed by atoms with Crippen LogP contribution >= 0.6 is 0 Å². The van der Waals surface area contributed by atoms with Gasteiger partial charge in [0.1, 0.15) is 17.5 Å². The van der Waals surface area contributed by atoms with Crippen molar-refractivity contribution in [1.82, 2.24) is 0 Å². The first kappa shape index (κ1) is 20.4. The van der Waals surface area contributed by atoms with Gasteiger partial charge in [-0.15, -0.1) is 0 Å². The topological polar surface area (TPSA) is 52.6 Å². The Hall–Kier alpha value is -1.32. The highest BCUT2D eigenvalue weighted by Gasteiger charge is 2.51. The van der Waals surface area contributed by atoms with Crippen LogP contribution in [0.3, 0.4) is 0 Å². The zero-order valence-corrected chi connectivity index (χ0v) is 17.5. The molecule has 2 bridgehead atoms. The highest BCUT2D eigenvalue weighted by molar-refractivity contribution is 7.88. The maximum atomic E-state index is 12.9. The smallest absolute Gasteiger partial charge is 0.376 e. The second-order valence-electron chi connectivity index (χ2n) is 8.06. The number of alkyl halides is 3. The third-order valence-electron chi connectivity index (χ3n) is 4.98. The second kappa shape index (κ2) is 6.35.